The standard InChI is InChI=1S/C13H16N4O/c1-18-8-4-5-10-9(7-8)12(17-13(14)16-10)11-3-2-6-15-11/h4-5,7,11,15H,2-3,6H2,1H3,(H2,14,16,17). The number of fused-ring (bicyclic) bond motifs is 1. The van der Waals surface area contributed by atoms with Crippen molar-refractivity contribution in [1.29, 1.82) is 0 Å². The molecular formula is C13H16N4O. The van der Waals surface area contributed by atoms with Crippen molar-refractivity contribution < 1.29 is 4.74 Å². The first-order valence-electron chi connectivity index (χ1n) is 6.12. The summed E-state index contributed by atoms with van der Waals surface area (Å²) in [5.74, 6) is 1.14. The molecule has 0 radical (unpaired) electrons. The highest BCUT2D eigenvalue weighted by molar-refractivity contribution is 5.83. The minimum absolute atomic E-state index is 0.268. The van der Waals surface area contributed by atoms with Gasteiger partial charge in [0, 0.05) is 5.39 Å². The van der Waals surface area contributed by atoms with Gasteiger partial charge in [0.1, 0.15) is 5.75 Å². The SMILES string of the molecule is COc1ccc2nc(N)nc(C3CCCN3)c2c1. The number of aromatic nitrogens is 2. The van der Waals surface area contributed by atoms with Gasteiger partial charge in [0.15, 0.2) is 0 Å². The predicted molar refractivity (Wildman–Crippen MR) is 70.5 cm³/mol. The van der Waals surface area contributed by atoms with Crippen molar-refractivity contribution in [1.82, 2.24) is 15.3 Å². The number of benzene rings is 1. The van der Waals surface area contributed by atoms with Gasteiger partial charge in [0.25, 0.3) is 0 Å². The number of rotatable bonds is 2. The number of hydrogen-bond acceptors (Lipinski definition) is 5. The largest absolute Gasteiger partial charge is 0.497 e. The number of nitrogens with zero attached hydrogens (tertiary/aromatic N) is 2. The van der Waals surface area contributed by atoms with Crippen LogP contribution in [-0.2, 0) is 0 Å². The Hall–Kier alpha value is -1.88. The molecule has 1 saturated heterocycles. The molecule has 5 heteroatoms. The second-order valence-electron chi connectivity index (χ2n) is 4.50. The van der Waals surface area contributed by atoms with Gasteiger partial charge in [-0.05, 0) is 37.6 Å². The first kappa shape index (κ1) is 11.2. The number of hydrogen-bond donors (Lipinski definition) is 2. The molecule has 0 spiro atoms. The molecule has 18 heavy (non-hydrogen) atoms. The minimum atomic E-state index is 0.268. The van der Waals surface area contributed by atoms with Gasteiger partial charge in [0.2, 0.25) is 5.95 Å². The highest BCUT2D eigenvalue weighted by Crippen LogP contribution is 2.30. The average molecular weight is 244 g/mol. The van der Waals surface area contributed by atoms with Gasteiger partial charge in [-0.2, -0.15) is 0 Å². The zero-order valence-electron chi connectivity index (χ0n) is 10.3. The van der Waals surface area contributed by atoms with E-state index in [9.17, 15) is 0 Å². The Bertz CT molecular complexity index is 578. The number of nitrogens with two attached hydrogens (primary N) is 1. The molecule has 0 saturated carbocycles. The van der Waals surface area contributed by atoms with Gasteiger partial charge in [-0.3, -0.25) is 0 Å². The molecule has 1 aromatic heterocycles. The number of anilines is 1. The summed E-state index contributed by atoms with van der Waals surface area (Å²) in [7, 11) is 1.66. The summed E-state index contributed by atoms with van der Waals surface area (Å²) in [5, 5.41) is 4.46. The Morgan fingerprint density at radius 1 is 1.39 bits per heavy atom. The Morgan fingerprint density at radius 2 is 2.28 bits per heavy atom. The first-order chi connectivity index (χ1) is 8.78. The molecule has 2 aromatic rings. The van der Waals surface area contributed by atoms with Gasteiger partial charge in [-0.1, -0.05) is 0 Å². The lowest BCUT2D eigenvalue weighted by molar-refractivity contribution is 0.415. The van der Waals surface area contributed by atoms with Crippen molar-refractivity contribution in [2.75, 3.05) is 19.4 Å². The average Bonchev–Trinajstić information content (AvgIpc) is 2.91. The molecule has 3 rings (SSSR count). The quantitative estimate of drug-likeness (QED) is 0.840. The molecule has 0 bridgehead atoms. The second kappa shape index (κ2) is 4.42. The molecule has 1 aliphatic rings. The lowest BCUT2D eigenvalue weighted by atomic mass is 10.1. The van der Waals surface area contributed by atoms with E-state index in [1.807, 2.05) is 18.2 Å². The highest BCUT2D eigenvalue weighted by Gasteiger charge is 2.21. The molecule has 1 unspecified atom stereocenters. The van der Waals surface area contributed by atoms with Crippen molar-refractivity contribution in [2.45, 2.75) is 18.9 Å². The maximum Gasteiger partial charge on any atom is 0.220 e. The van der Waals surface area contributed by atoms with E-state index in [4.69, 9.17) is 10.5 Å². The molecule has 1 aliphatic heterocycles. The number of ether oxygens (including phenoxy) is 1. The minimum Gasteiger partial charge on any atom is -0.497 e. The van der Waals surface area contributed by atoms with Crippen LogP contribution in [0.25, 0.3) is 10.9 Å². The lowest BCUT2D eigenvalue weighted by Gasteiger charge is -2.13. The van der Waals surface area contributed by atoms with Gasteiger partial charge >= 0.3 is 0 Å². The summed E-state index contributed by atoms with van der Waals surface area (Å²) in [6, 6.07) is 6.06. The van der Waals surface area contributed by atoms with E-state index in [1.165, 1.54) is 6.42 Å². The van der Waals surface area contributed by atoms with Crippen LogP contribution in [0.2, 0.25) is 0 Å². The third kappa shape index (κ3) is 1.86. The molecule has 0 amide bonds. The van der Waals surface area contributed by atoms with Crippen LogP contribution in [0, 0.1) is 0 Å². The number of nitrogens with one attached hydrogen (secondary N) is 1. The van der Waals surface area contributed by atoms with Crippen LogP contribution in [0.5, 0.6) is 5.75 Å². The summed E-state index contributed by atoms with van der Waals surface area (Å²) in [6.45, 7) is 1.03. The van der Waals surface area contributed by atoms with E-state index in [2.05, 4.69) is 15.3 Å². The van der Waals surface area contributed by atoms with Gasteiger partial charge in [0.05, 0.1) is 24.4 Å². The third-order valence-corrected chi connectivity index (χ3v) is 3.34. The highest BCUT2D eigenvalue weighted by atomic mass is 16.5. The van der Waals surface area contributed by atoms with E-state index in [-0.39, 0.29) is 6.04 Å². The van der Waals surface area contributed by atoms with Crippen molar-refractivity contribution in [3.63, 3.8) is 0 Å². The number of methoxy groups -OCH3 is 1. The summed E-state index contributed by atoms with van der Waals surface area (Å²) in [6.07, 6.45) is 2.25. The Labute approximate surface area is 105 Å². The van der Waals surface area contributed by atoms with E-state index in [0.29, 0.717) is 5.95 Å². The molecular weight excluding hydrogens is 228 g/mol. The fourth-order valence-electron chi connectivity index (χ4n) is 2.46. The number of nitrogen functional groups attached to an aromatic ring is 1. The van der Waals surface area contributed by atoms with Crippen LogP contribution in [0.4, 0.5) is 5.95 Å². The lowest BCUT2D eigenvalue weighted by Crippen LogP contribution is -2.16. The normalized spacial score (nSPS) is 19.3. The van der Waals surface area contributed by atoms with Gasteiger partial charge < -0.3 is 15.8 Å². The Kier molecular flexibility index (Phi) is 2.76. The van der Waals surface area contributed by atoms with Gasteiger partial charge in [-0.25, -0.2) is 9.97 Å². The predicted octanol–water partition coefficient (Wildman–Crippen LogP) is 1.65. The molecule has 94 valence electrons. The molecule has 3 N–H and O–H groups in total. The smallest absolute Gasteiger partial charge is 0.220 e. The molecule has 2 heterocycles. The molecule has 1 atom stereocenters. The van der Waals surface area contributed by atoms with Crippen molar-refractivity contribution in [3.05, 3.63) is 23.9 Å². The molecule has 1 aromatic carbocycles. The zero-order valence-corrected chi connectivity index (χ0v) is 10.3. The van der Waals surface area contributed by atoms with Crippen LogP contribution in [0.1, 0.15) is 24.6 Å². The maximum absolute atomic E-state index is 5.78. The summed E-state index contributed by atoms with van der Waals surface area (Å²) < 4.78 is 5.26. The summed E-state index contributed by atoms with van der Waals surface area (Å²) in [4.78, 5) is 8.67. The third-order valence-electron chi connectivity index (χ3n) is 3.34. The topological polar surface area (TPSA) is 73.1 Å². The maximum atomic E-state index is 5.78. The molecule has 5 nitrogen and oxygen atoms in total. The van der Waals surface area contributed by atoms with Crippen molar-refractivity contribution in [3.8, 4) is 5.75 Å². The Morgan fingerprint density at radius 3 is 3.00 bits per heavy atom. The van der Waals surface area contributed by atoms with Crippen LogP contribution in [-0.4, -0.2) is 23.6 Å². The zero-order chi connectivity index (χ0) is 12.5. The van der Waals surface area contributed by atoms with Crippen LogP contribution in [0.15, 0.2) is 18.2 Å². The first-order valence-corrected chi connectivity index (χ1v) is 6.12. The summed E-state index contributed by atoms with van der Waals surface area (Å²) >= 11 is 0. The second-order valence-corrected chi connectivity index (χ2v) is 4.50. The van der Waals surface area contributed by atoms with Crippen LogP contribution >= 0.6 is 0 Å². The summed E-state index contributed by atoms with van der Waals surface area (Å²) in [5.41, 5.74) is 7.63. The van der Waals surface area contributed by atoms with Crippen molar-refractivity contribution in [2.24, 2.45) is 0 Å². The van der Waals surface area contributed by atoms with Crippen LogP contribution < -0.4 is 15.8 Å². The molecule has 0 aliphatic carbocycles. The monoisotopic (exact) mass is 244 g/mol. The fourth-order valence-corrected chi connectivity index (χ4v) is 2.46. The van der Waals surface area contributed by atoms with Crippen molar-refractivity contribution >= 4 is 16.9 Å². The van der Waals surface area contributed by atoms with E-state index in [1.54, 1.807) is 7.11 Å². The van der Waals surface area contributed by atoms with E-state index in [0.717, 1.165) is 35.3 Å². The van der Waals surface area contributed by atoms with Crippen LogP contribution in [0.3, 0.4) is 0 Å². The van der Waals surface area contributed by atoms with E-state index >= 15 is 0 Å². The Balaban J connectivity index is 2.20. The molecule has 1 fully saturated rings. The fraction of sp³-hybridized carbons (Fsp3) is 0.385. The van der Waals surface area contributed by atoms with Gasteiger partial charge in [-0.15, -0.1) is 0 Å². The van der Waals surface area contributed by atoms with E-state index < -0.39 is 0 Å².